The number of nitrogens with one attached hydrogen (secondary N) is 2. The molecule has 0 aliphatic carbocycles. The summed E-state index contributed by atoms with van der Waals surface area (Å²) < 4.78 is 31.3. The maximum atomic E-state index is 11.9. The van der Waals surface area contributed by atoms with E-state index in [-0.39, 0.29) is 10.8 Å². The van der Waals surface area contributed by atoms with Crippen LogP contribution in [0.5, 0.6) is 5.75 Å². The van der Waals surface area contributed by atoms with Gasteiger partial charge >= 0.3 is 0 Å². The number of amides is 1. The van der Waals surface area contributed by atoms with Crippen molar-refractivity contribution in [1.82, 2.24) is 10.0 Å². The Morgan fingerprint density at radius 2 is 1.67 bits per heavy atom. The molecule has 0 bridgehead atoms. The number of rotatable bonds is 9. The van der Waals surface area contributed by atoms with E-state index in [2.05, 4.69) is 16.1 Å². The molecule has 0 unspecified atom stereocenters. The summed E-state index contributed by atoms with van der Waals surface area (Å²) in [4.78, 5) is 12.1. The van der Waals surface area contributed by atoms with Crippen LogP contribution in [0.3, 0.4) is 0 Å². The number of hydrogen-bond donors (Lipinski definition) is 2. The van der Waals surface area contributed by atoms with Gasteiger partial charge in [0.25, 0.3) is 0 Å². The Balaban J connectivity index is 1.71. The van der Waals surface area contributed by atoms with Crippen LogP contribution in [-0.2, 0) is 21.2 Å². The number of carbonyl (C=O) groups is 1. The molecule has 0 atom stereocenters. The topological polar surface area (TPSA) is 84.5 Å². The summed E-state index contributed by atoms with van der Waals surface area (Å²) in [5.74, 6) is 0.740. The van der Waals surface area contributed by atoms with E-state index in [1.54, 1.807) is 12.1 Å². The van der Waals surface area contributed by atoms with E-state index < -0.39 is 10.0 Å². The SMILES string of the molecule is CNS(=O)(=O)c1ccc(CCC(=O)NCCOc2cc(C)cc(C)c2)cc1. The summed E-state index contributed by atoms with van der Waals surface area (Å²) >= 11 is 0. The zero-order chi connectivity index (χ0) is 19.9. The Labute approximate surface area is 161 Å². The van der Waals surface area contributed by atoms with Crippen LogP contribution in [0.15, 0.2) is 47.4 Å². The molecule has 0 saturated heterocycles. The van der Waals surface area contributed by atoms with Crippen molar-refractivity contribution in [3.63, 3.8) is 0 Å². The Kier molecular flexibility index (Phi) is 7.38. The van der Waals surface area contributed by atoms with Gasteiger partial charge in [-0.3, -0.25) is 4.79 Å². The quantitative estimate of drug-likeness (QED) is 0.644. The Hall–Kier alpha value is -2.38. The third-order valence-electron chi connectivity index (χ3n) is 4.03. The minimum atomic E-state index is -3.43. The molecule has 7 heteroatoms. The molecule has 2 aromatic rings. The van der Waals surface area contributed by atoms with Crippen molar-refractivity contribution in [3.8, 4) is 5.75 Å². The van der Waals surface area contributed by atoms with Gasteiger partial charge in [0.15, 0.2) is 0 Å². The second-order valence-corrected chi connectivity index (χ2v) is 8.26. The maximum Gasteiger partial charge on any atom is 0.240 e. The number of ether oxygens (including phenoxy) is 1. The van der Waals surface area contributed by atoms with Crippen LogP contribution < -0.4 is 14.8 Å². The smallest absolute Gasteiger partial charge is 0.240 e. The van der Waals surface area contributed by atoms with Gasteiger partial charge in [0.1, 0.15) is 12.4 Å². The summed E-state index contributed by atoms with van der Waals surface area (Å²) in [5.41, 5.74) is 3.19. The minimum absolute atomic E-state index is 0.0639. The standard InChI is InChI=1S/C20H26N2O4S/c1-15-12-16(2)14-18(13-15)26-11-10-22-20(23)9-6-17-4-7-19(8-5-17)27(24,25)21-3/h4-5,7-8,12-14,21H,6,9-11H2,1-3H3,(H,22,23). The Bertz CT molecular complexity index is 857. The summed E-state index contributed by atoms with van der Waals surface area (Å²) in [6.07, 6.45) is 0.880. The van der Waals surface area contributed by atoms with Crippen molar-refractivity contribution in [2.45, 2.75) is 31.6 Å². The average molecular weight is 391 g/mol. The highest BCUT2D eigenvalue weighted by Gasteiger charge is 2.10. The minimum Gasteiger partial charge on any atom is -0.492 e. The first-order valence-corrected chi connectivity index (χ1v) is 10.3. The lowest BCUT2D eigenvalue weighted by atomic mass is 10.1. The lowest BCUT2D eigenvalue weighted by Crippen LogP contribution is -2.28. The number of aryl methyl sites for hydroxylation is 3. The largest absolute Gasteiger partial charge is 0.492 e. The molecule has 2 aromatic carbocycles. The van der Waals surface area contributed by atoms with Crippen molar-refractivity contribution in [1.29, 1.82) is 0 Å². The zero-order valence-electron chi connectivity index (χ0n) is 15.9. The van der Waals surface area contributed by atoms with E-state index in [0.29, 0.717) is 26.0 Å². The molecule has 0 fully saturated rings. The van der Waals surface area contributed by atoms with Crippen LogP contribution >= 0.6 is 0 Å². The molecule has 0 spiro atoms. The number of carbonyl (C=O) groups excluding carboxylic acids is 1. The molecule has 2 N–H and O–H groups in total. The second-order valence-electron chi connectivity index (χ2n) is 6.37. The van der Waals surface area contributed by atoms with Gasteiger partial charge in [0, 0.05) is 6.42 Å². The van der Waals surface area contributed by atoms with Gasteiger partial charge in [0.2, 0.25) is 15.9 Å². The van der Waals surface area contributed by atoms with Crippen LogP contribution in [0.1, 0.15) is 23.1 Å². The zero-order valence-corrected chi connectivity index (χ0v) is 16.7. The first-order valence-electron chi connectivity index (χ1n) is 8.80. The number of sulfonamides is 1. The van der Waals surface area contributed by atoms with Crippen LogP contribution in [0.25, 0.3) is 0 Å². The summed E-state index contributed by atoms with van der Waals surface area (Å²) in [6.45, 7) is 4.88. The molecule has 6 nitrogen and oxygen atoms in total. The van der Waals surface area contributed by atoms with E-state index in [1.807, 2.05) is 26.0 Å². The van der Waals surface area contributed by atoms with Crippen LogP contribution in [0.4, 0.5) is 0 Å². The highest BCUT2D eigenvalue weighted by molar-refractivity contribution is 7.89. The summed E-state index contributed by atoms with van der Waals surface area (Å²) in [6, 6.07) is 12.5. The molecule has 2 rings (SSSR count). The highest BCUT2D eigenvalue weighted by Crippen LogP contribution is 2.16. The van der Waals surface area contributed by atoms with Gasteiger partial charge in [-0.25, -0.2) is 13.1 Å². The maximum absolute atomic E-state index is 11.9. The molecule has 0 heterocycles. The van der Waals surface area contributed by atoms with E-state index in [9.17, 15) is 13.2 Å². The van der Waals surface area contributed by atoms with Crippen LogP contribution in [0, 0.1) is 13.8 Å². The van der Waals surface area contributed by atoms with E-state index >= 15 is 0 Å². The number of benzene rings is 2. The highest BCUT2D eigenvalue weighted by atomic mass is 32.2. The fourth-order valence-corrected chi connectivity index (χ4v) is 3.41. The molecule has 27 heavy (non-hydrogen) atoms. The fourth-order valence-electron chi connectivity index (χ4n) is 2.67. The molecular weight excluding hydrogens is 364 g/mol. The molecule has 0 radical (unpaired) electrons. The van der Waals surface area contributed by atoms with Crippen LogP contribution in [0.2, 0.25) is 0 Å². The van der Waals surface area contributed by atoms with Crippen molar-refractivity contribution >= 4 is 15.9 Å². The van der Waals surface area contributed by atoms with E-state index in [1.165, 1.54) is 19.2 Å². The Morgan fingerprint density at radius 1 is 1.04 bits per heavy atom. The van der Waals surface area contributed by atoms with Crippen molar-refractivity contribution in [2.75, 3.05) is 20.2 Å². The average Bonchev–Trinajstić information content (AvgIpc) is 2.63. The van der Waals surface area contributed by atoms with Crippen molar-refractivity contribution in [2.24, 2.45) is 0 Å². The lowest BCUT2D eigenvalue weighted by Gasteiger charge is -2.09. The second kappa shape index (κ2) is 9.53. The normalized spacial score (nSPS) is 11.2. The third-order valence-corrected chi connectivity index (χ3v) is 5.46. The molecule has 0 aliphatic rings. The van der Waals surface area contributed by atoms with Gasteiger partial charge < -0.3 is 10.1 Å². The number of hydrogen-bond acceptors (Lipinski definition) is 4. The first-order chi connectivity index (χ1) is 12.8. The van der Waals surface area contributed by atoms with E-state index in [4.69, 9.17) is 4.74 Å². The third kappa shape index (κ3) is 6.69. The molecule has 1 amide bonds. The van der Waals surface area contributed by atoms with Gasteiger partial charge in [-0.1, -0.05) is 18.2 Å². The molecule has 0 aromatic heterocycles. The summed E-state index contributed by atoms with van der Waals surface area (Å²) in [5, 5.41) is 2.83. The monoisotopic (exact) mass is 390 g/mol. The van der Waals surface area contributed by atoms with Gasteiger partial charge in [-0.2, -0.15) is 0 Å². The summed E-state index contributed by atoms with van der Waals surface area (Å²) in [7, 11) is -2.06. The Morgan fingerprint density at radius 3 is 2.26 bits per heavy atom. The lowest BCUT2D eigenvalue weighted by molar-refractivity contribution is -0.121. The fraction of sp³-hybridized carbons (Fsp3) is 0.350. The van der Waals surface area contributed by atoms with E-state index in [0.717, 1.165) is 22.4 Å². The molecule has 0 aliphatic heterocycles. The molecular formula is C20H26N2O4S. The molecule has 0 saturated carbocycles. The van der Waals surface area contributed by atoms with Gasteiger partial charge in [-0.05, 0) is 68.3 Å². The van der Waals surface area contributed by atoms with Gasteiger partial charge in [-0.15, -0.1) is 0 Å². The predicted molar refractivity (Wildman–Crippen MR) is 105 cm³/mol. The predicted octanol–water partition coefficient (Wildman–Crippen LogP) is 2.34. The van der Waals surface area contributed by atoms with Crippen molar-refractivity contribution < 1.29 is 17.9 Å². The van der Waals surface area contributed by atoms with Crippen molar-refractivity contribution in [3.05, 3.63) is 59.2 Å². The van der Waals surface area contributed by atoms with Gasteiger partial charge in [0.05, 0.1) is 11.4 Å². The van der Waals surface area contributed by atoms with Crippen LogP contribution in [-0.4, -0.2) is 34.5 Å². The first kappa shape index (κ1) is 20.9. The molecule has 146 valence electrons.